The van der Waals surface area contributed by atoms with E-state index in [0.29, 0.717) is 17.5 Å². The fourth-order valence-electron chi connectivity index (χ4n) is 4.51. The van der Waals surface area contributed by atoms with Crippen molar-refractivity contribution in [2.24, 2.45) is 0 Å². The molecule has 4 aromatic rings. The topological polar surface area (TPSA) is 69.0 Å². The van der Waals surface area contributed by atoms with Gasteiger partial charge in [-0.25, -0.2) is 0 Å². The van der Waals surface area contributed by atoms with Crippen LogP contribution in [0, 0.1) is 0 Å². The van der Waals surface area contributed by atoms with Crippen molar-refractivity contribution in [1.82, 2.24) is 10.3 Å². The van der Waals surface area contributed by atoms with Crippen molar-refractivity contribution in [1.29, 1.82) is 0 Å². The van der Waals surface area contributed by atoms with E-state index in [9.17, 15) is 0 Å². The first kappa shape index (κ1) is 21.5. The fraction of sp³-hybridized carbons (Fsp3) is 0.185. The number of rotatable bonds is 6. The van der Waals surface area contributed by atoms with Gasteiger partial charge in [-0.05, 0) is 79.8 Å². The Morgan fingerprint density at radius 2 is 1.89 bits per heavy atom. The number of benzene rings is 2. The summed E-state index contributed by atoms with van der Waals surface area (Å²) in [6, 6.07) is 23.1. The molecule has 1 fully saturated rings. The van der Waals surface area contributed by atoms with Crippen LogP contribution in [0.5, 0.6) is 17.2 Å². The van der Waals surface area contributed by atoms with Crippen LogP contribution >= 0.6 is 12.2 Å². The van der Waals surface area contributed by atoms with E-state index in [1.165, 1.54) is 0 Å². The van der Waals surface area contributed by atoms with Crippen LogP contribution in [-0.4, -0.2) is 23.5 Å². The van der Waals surface area contributed by atoms with Crippen molar-refractivity contribution < 1.29 is 18.6 Å². The zero-order chi connectivity index (χ0) is 23.8. The molecule has 176 valence electrons. The van der Waals surface area contributed by atoms with Crippen LogP contribution < -0.4 is 24.4 Å². The van der Waals surface area contributed by atoms with Crippen LogP contribution in [0.15, 0.2) is 83.4 Å². The average molecular weight is 486 g/mol. The van der Waals surface area contributed by atoms with Crippen LogP contribution in [0.1, 0.15) is 30.5 Å². The Kier molecular flexibility index (Phi) is 5.50. The van der Waals surface area contributed by atoms with Gasteiger partial charge in [0.1, 0.15) is 23.3 Å². The minimum atomic E-state index is -0.255. The lowest BCUT2D eigenvalue weighted by atomic mass is 10.0. The summed E-state index contributed by atoms with van der Waals surface area (Å²) in [6.45, 7) is 2.81. The number of aromatic nitrogens is 1. The van der Waals surface area contributed by atoms with Gasteiger partial charge in [0, 0.05) is 23.5 Å². The van der Waals surface area contributed by atoms with E-state index in [-0.39, 0.29) is 18.9 Å². The zero-order valence-corrected chi connectivity index (χ0v) is 19.8. The van der Waals surface area contributed by atoms with Gasteiger partial charge in [-0.1, -0.05) is 6.07 Å². The Balaban J connectivity index is 1.40. The number of pyridine rings is 1. The standard InChI is InChI=1S/C27H23N3O4S/c1-2-31-19-9-6-17(7-10-19)21-12-13-23(34-21)26-25(20-5-3-4-14-28-20)29-27(35)30(26)18-8-11-22-24(15-18)33-16-32-22/h3-15,25-26H,2,16H2,1H3,(H,29,35)/t25-,26-/m1/s1. The first-order chi connectivity index (χ1) is 17.2. The summed E-state index contributed by atoms with van der Waals surface area (Å²) >= 11 is 5.80. The second-order valence-corrected chi connectivity index (χ2v) is 8.58. The molecule has 1 N–H and O–H groups in total. The molecule has 7 nitrogen and oxygen atoms in total. The molecule has 0 radical (unpaired) electrons. The number of anilines is 1. The third-order valence-electron chi connectivity index (χ3n) is 6.10. The van der Waals surface area contributed by atoms with Crippen LogP contribution in [0.2, 0.25) is 0 Å². The lowest BCUT2D eigenvalue weighted by Crippen LogP contribution is -2.29. The Morgan fingerprint density at radius 3 is 2.69 bits per heavy atom. The predicted octanol–water partition coefficient (Wildman–Crippen LogP) is 5.65. The molecule has 1 saturated heterocycles. The van der Waals surface area contributed by atoms with E-state index in [1.54, 1.807) is 6.20 Å². The van der Waals surface area contributed by atoms with Gasteiger partial charge in [0.05, 0.1) is 18.3 Å². The van der Waals surface area contributed by atoms with Crippen molar-refractivity contribution in [3.63, 3.8) is 0 Å². The van der Waals surface area contributed by atoms with Gasteiger partial charge in [-0.15, -0.1) is 0 Å². The lowest BCUT2D eigenvalue weighted by molar-refractivity contribution is 0.174. The number of hydrogen-bond acceptors (Lipinski definition) is 6. The van der Waals surface area contributed by atoms with Crippen LogP contribution in [-0.2, 0) is 0 Å². The molecule has 2 aromatic carbocycles. The number of hydrogen-bond donors (Lipinski definition) is 1. The molecule has 2 aliphatic rings. The highest BCUT2D eigenvalue weighted by atomic mass is 32.1. The van der Waals surface area contributed by atoms with Crippen LogP contribution in [0.25, 0.3) is 11.3 Å². The van der Waals surface area contributed by atoms with Gasteiger partial charge in [0.15, 0.2) is 16.6 Å². The highest BCUT2D eigenvalue weighted by Gasteiger charge is 2.43. The largest absolute Gasteiger partial charge is 0.494 e. The summed E-state index contributed by atoms with van der Waals surface area (Å²) in [5, 5.41) is 4.04. The van der Waals surface area contributed by atoms with Crippen molar-refractivity contribution in [2.75, 3.05) is 18.3 Å². The molecule has 6 rings (SSSR count). The monoisotopic (exact) mass is 485 g/mol. The first-order valence-corrected chi connectivity index (χ1v) is 11.9. The maximum absolute atomic E-state index is 6.43. The molecule has 2 aliphatic heterocycles. The molecule has 0 spiro atoms. The number of ether oxygens (including phenoxy) is 3. The van der Waals surface area contributed by atoms with Crippen LogP contribution in [0.3, 0.4) is 0 Å². The van der Waals surface area contributed by atoms with Crippen LogP contribution in [0.4, 0.5) is 5.69 Å². The summed E-state index contributed by atoms with van der Waals surface area (Å²) in [6.07, 6.45) is 1.79. The Labute approximate surface area is 208 Å². The van der Waals surface area contributed by atoms with Crippen molar-refractivity contribution in [2.45, 2.75) is 19.0 Å². The molecule has 0 amide bonds. The Bertz CT molecular complexity index is 1360. The highest BCUT2D eigenvalue weighted by Crippen LogP contribution is 2.45. The third kappa shape index (κ3) is 3.95. The Morgan fingerprint density at radius 1 is 1.03 bits per heavy atom. The number of fused-ring (bicyclic) bond motifs is 1. The predicted molar refractivity (Wildman–Crippen MR) is 136 cm³/mol. The van der Waals surface area contributed by atoms with Gasteiger partial charge in [0.25, 0.3) is 0 Å². The third-order valence-corrected chi connectivity index (χ3v) is 6.42. The Hall–Kier alpha value is -4.04. The first-order valence-electron chi connectivity index (χ1n) is 11.4. The van der Waals surface area contributed by atoms with Gasteiger partial charge in [0.2, 0.25) is 6.79 Å². The molecule has 8 heteroatoms. The van der Waals surface area contributed by atoms with Crippen molar-refractivity contribution >= 4 is 23.0 Å². The summed E-state index contributed by atoms with van der Waals surface area (Å²) in [5.41, 5.74) is 2.73. The van der Waals surface area contributed by atoms with E-state index in [2.05, 4.69) is 15.2 Å². The summed E-state index contributed by atoms with van der Waals surface area (Å²) in [7, 11) is 0. The number of nitrogens with one attached hydrogen (secondary N) is 1. The maximum atomic E-state index is 6.43. The van der Waals surface area contributed by atoms with Crippen molar-refractivity contribution in [3.8, 4) is 28.6 Å². The minimum Gasteiger partial charge on any atom is -0.494 e. The molecule has 0 unspecified atom stereocenters. The smallest absolute Gasteiger partial charge is 0.231 e. The van der Waals surface area contributed by atoms with Gasteiger partial charge in [-0.3, -0.25) is 4.98 Å². The van der Waals surface area contributed by atoms with Gasteiger partial charge < -0.3 is 28.8 Å². The normalized spacial score (nSPS) is 18.5. The van der Waals surface area contributed by atoms with E-state index < -0.39 is 0 Å². The van der Waals surface area contributed by atoms with Gasteiger partial charge in [-0.2, -0.15) is 0 Å². The molecule has 0 bridgehead atoms. The molecule has 2 aromatic heterocycles. The highest BCUT2D eigenvalue weighted by molar-refractivity contribution is 7.80. The van der Waals surface area contributed by atoms with E-state index in [1.807, 2.05) is 79.7 Å². The van der Waals surface area contributed by atoms with Crippen molar-refractivity contribution in [3.05, 3.63) is 90.4 Å². The molecule has 0 saturated carbocycles. The molecular formula is C27H23N3O4S. The maximum Gasteiger partial charge on any atom is 0.231 e. The summed E-state index contributed by atoms with van der Waals surface area (Å²) < 4.78 is 23.1. The molecule has 2 atom stereocenters. The number of furan rings is 1. The molecular weight excluding hydrogens is 462 g/mol. The van der Waals surface area contributed by atoms with Gasteiger partial charge >= 0.3 is 0 Å². The number of nitrogens with zero attached hydrogens (tertiary/aromatic N) is 2. The van der Waals surface area contributed by atoms with E-state index >= 15 is 0 Å². The molecule has 35 heavy (non-hydrogen) atoms. The SMILES string of the molecule is CCOc1ccc(-c2ccc([C@@H]3[C@@H](c4ccccn4)NC(=S)N3c3ccc4c(c3)OCO4)o2)cc1. The molecule has 4 heterocycles. The summed E-state index contributed by atoms with van der Waals surface area (Å²) in [4.78, 5) is 6.65. The lowest BCUT2D eigenvalue weighted by Gasteiger charge is -2.26. The van der Waals surface area contributed by atoms with E-state index in [0.717, 1.165) is 40.0 Å². The zero-order valence-electron chi connectivity index (χ0n) is 19.0. The van der Waals surface area contributed by atoms with E-state index in [4.69, 9.17) is 30.8 Å². The number of thiocarbonyl (C=S) groups is 1. The average Bonchev–Trinajstić information content (AvgIpc) is 3.63. The second-order valence-electron chi connectivity index (χ2n) is 8.19. The molecule has 0 aliphatic carbocycles. The fourth-order valence-corrected chi connectivity index (χ4v) is 4.85. The summed E-state index contributed by atoms with van der Waals surface area (Å²) in [5.74, 6) is 3.79. The second kappa shape index (κ2) is 8.96. The minimum absolute atomic E-state index is 0.201. The quantitative estimate of drug-likeness (QED) is 0.352.